The average molecular weight is 269 g/mol. The van der Waals surface area contributed by atoms with Crippen molar-refractivity contribution in [1.82, 2.24) is 0 Å². The van der Waals surface area contributed by atoms with Crippen LogP contribution in [0.2, 0.25) is 0 Å². The van der Waals surface area contributed by atoms with Gasteiger partial charge in [-0.2, -0.15) is 0 Å². The number of anilines is 2. The molecule has 1 atom stereocenters. The fourth-order valence-corrected chi connectivity index (χ4v) is 2.93. The minimum Gasteiger partial charge on any atom is -0.399 e. The van der Waals surface area contributed by atoms with E-state index in [2.05, 4.69) is 12.2 Å². The van der Waals surface area contributed by atoms with Crippen LogP contribution in [-0.2, 0) is 10.0 Å². The maximum atomic E-state index is 11.5. The van der Waals surface area contributed by atoms with E-state index in [0.29, 0.717) is 17.3 Å². The topological polar surface area (TPSA) is 98.2 Å². The van der Waals surface area contributed by atoms with Gasteiger partial charge in [-0.05, 0) is 43.9 Å². The highest BCUT2D eigenvalue weighted by molar-refractivity contribution is 7.89. The van der Waals surface area contributed by atoms with Crippen molar-refractivity contribution in [2.45, 2.75) is 37.1 Å². The summed E-state index contributed by atoms with van der Waals surface area (Å²) in [6.45, 7) is 2.06. The number of hydrogen-bond donors (Lipinski definition) is 3. The zero-order valence-electron chi connectivity index (χ0n) is 10.4. The molecule has 2 rings (SSSR count). The maximum absolute atomic E-state index is 11.5. The Labute approximate surface area is 108 Å². The molecular formula is C12H19N3O2S. The van der Waals surface area contributed by atoms with E-state index in [-0.39, 0.29) is 10.9 Å². The van der Waals surface area contributed by atoms with Crippen LogP contribution in [-0.4, -0.2) is 14.5 Å². The summed E-state index contributed by atoms with van der Waals surface area (Å²) in [6.07, 6.45) is 3.63. The van der Waals surface area contributed by atoms with Gasteiger partial charge in [0.1, 0.15) is 4.90 Å². The van der Waals surface area contributed by atoms with Gasteiger partial charge in [-0.25, -0.2) is 13.6 Å². The minimum absolute atomic E-state index is 0.0636. The number of primary sulfonamides is 1. The van der Waals surface area contributed by atoms with Crippen molar-refractivity contribution in [3.05, 3.63) is 18.2 Å². The predicted molar refractivity (Wildman–Crippen MR) is 72.7 cm³/mol. The zero-order chi connectivity index (χ0) is 13.3. The first-order valence-corrected chi connectivity index (χ1v) is 7.61. The Kier molecular flexibility index (Phi) is 3.49. The first-order chi connectivity index (χ1) is 8.38. The van der Waals surface area contributed by atoms with Crippen molar-refractivity contribution in [3.8, 4) is 0 Å². The van der Waals surface area contributed by atoms with Crippen LogP contribution in [0.15, 0.2) is 23.1 Å². The largest absolute Gasteiger partial charge is 0.399 e. The summed E-state index contributed by atoms with van der Waals surface area (Å²) in [7, 11) is -3.76. The number of nitrogens with one attached hydrogen (secondary N) is 1. The highest BCUT2D eigenvalue weighted by atomic mass is 32.2. The third kappa shape index (κ3) is 2.76. The number of nitrogen functional groups attached to an aromatic ring is 1. The van der Waals surface area contributed by atoms with Crippen molar-refractivity contribution in [2.24, 2.45) is 11.1 Å². The van der Waals surface area contributed by atoms with Gasteiger partial charge in [0.15, 0.2) is 0 Å². The number of benzene rings is 1. The van der Waals surface area contributed by atoms with Crippen molar-refractivity contribution < 1.29 is 8.42 Å². The van der Waals surface area contributed by atoms with Gasteiger partial charge in [0, 0.05) is 11.7 Å². The molecule has 1 aromatic rings. The summed E-state index contributed by atoms with van der Waals surface area (Å²) in [6, 6.07) is 4.97. The molecule has 0 bridgehead atoms. The summed E-state index contributed by atoms with van der Waals surface area (Å²) in [5.74, 6) is 0.607. The molecule has 0 aromatic heterocycles. The molecule has 6 heteroatoms. The lowest BCUT2D eigenvalue weighted by Crippen LogP contribution is -2.31. The quantitative estimate of drug-likeness (QED) is 0.722. The van der Waals surface area contributed by atoms with Crippen molar-refractivity contribution >= 4 is 21.4 Å². The van der Waals surface area contributed by atoms with Crippen molar-refractivity contribution in [2.75, 3.05) is 11.1 Å². The van der Waals surface area contributed by atoms with Crippen LogP contribution in [0, 0.1) is 5.92 Å². The zero-order valence-corrected chi connectivity index (χ0v) is 11.2. The molecule has 18 heavy (non-hydrogen) atoms. The lowest BCUT2D eigenvalue weighted by atomic mass is 9.80. The maximum Gasteiger partial charge on any atom is 0.240 e. The smallest absolute Gasteiger partial charge is 0.240 e. The summed E-state index contributed by atoms with van der Waals surface area (Å²) >= 11 is 0. The molecule has 1 fully saturated rings. The highest BCUT2D eigenvalue weighted by Gasteiger charge is 2.25. The molecule has 1 aromatic carbocycles. The Morgan fingerprint density at radius 1 is 1.39 bits per heavy atom. The molecule has 5 N–H and O–H groups in total. The molecule has 0 amide bonds. The summed E-state index contributed by atoms with van der Waals surface area (Å²) in [5, 5.41) is 8.43. The summed E-state index contributed by atoms with van der Waals surface area (Å²) in [4.78, 5) is 0.0636. The fraction of sp³-hybridized carbons (Fsp3) is 0.500. The van der Waals surface area contributed by atoms with Crippen molar-refractivity contribution in [1.29, 1.82) is 0 Å². The molecule has 1 aliphatic carbocycles. The lowest BCUT2D eigenvalue weighted by Gasteiger charge is -2.32. The normalized spacial score (nSPS) is 18.1. The average Bonchev–Trinajstić information content (AvgIpc) is 2.16. The summed E-state index contributed by atoms with van der Waals surface area (Å²) in [5.41, 5.74) is 6.53. The van der Waals surface area contributed by atoms with E-state index in [4.69, 9.17) is 10.9 Å². The Morgan fingerprint density at radius 3 is 2.56 bits per heavy atom. The van der Waals surface area contributed by atoms with Gasteiger partial charge in [0.25, 0.3) is 0 Å². The number of rotatable bonds is 4. The Hall–Kier alpha value is -1.27. The van der Waals surface area contributed by atoms with E-state index in [1.165, 1.54) is 25.3 Å². The van der Waals surface area contributed by atoms with Crippen LogP contribution in [0.4, 0.5) is 11.4 Å². The molecule has 0 spiro atoms. The third-order valence-electron chi connectivity index (χ3n) is 3.55. The monoisotopic (exact) mass is 269 g/mol. The summed E-state index contributed by atoms with van der Waals surface area (Å²) < 4.78 is 23.0. The Morgan fingerprint density at radius 2 is 2.06 bits per heavy atom. The minimum atomic E-state index is -3.76. The molecule has 0 saturated heterocycles. The Balaban J connectivity index is 2.26. The van der Waals surface area contributed by atoms with Crippen LogP contribution < -0.4 is 16.2 Å². The van der Waals surface area contributed by atoms with E-state index in [0.717, 1.165) is 0 Å². The standard InChI is InChI=1S/C12H19N3O2S/c1-8(9-3-2-4-9)15-11-6-5-10(13)7-12(11)18(14,16)17/h5-9,15H,2-4,13H2,1H3,(H2,14,16,17). The second-order valence-electron chi connectivity index (χ2n) is 4.92. The van der Waals surface area contributed by atoms with E-state index >= 15 is 0 Å². The van der Waals surface area contributed by atoms with Crippen molar-refractivity contribution in [3.63, 3.8) is 0 Å². The van der Waals surface area contributed by atoms with Gasteiger partial charge in [0.05, 0.1) is 5.69 Å². The van der Waals surface area contributed by atoms with E-state index in [9.17, 15) is 8.42 Å². The van der Waals surface area contributed by atoms with Gasteiger partial charge in [-0.3, -0.25) is 0 Å². The van der Waals surface area contributed by atoms with Crippen LogP contribution in [0.5, 0.6) is 0 Å². The van der Waals surface area contributed by atoms with E-state index in [1.54, 1.807) is 12.1 Å². The van der Waals surface area contributed by atoms with Gasteiger partial charge < -0.3 is 11.1 Å². The first-order valence-electron chi connectivity index (χ1n) is 6.07. The molecule has 0 heterocycles. The number of hydrogen-bond acceptors (Lipinski definition) is 4. The van der Waals surface area contributed by atoms with Gasteiger partial charge in [-0.15, -0.1) is 0 Å². The molecular weight excluding hydrogens is 250 g/mol. The predicted octanol–water partition coefficient (Wildman–Crippen LogP) is 1.52. The highest BCUT2D eigenvalue weighted by Crippen LogP contribution is 2.32. The molecule has 1 saturated carbocycles. The fourth-order valence-electron chi connectivity index (χ4n) is 2.20. The molecule has 100 valence electrons. The van der Waals surface area contributed by atoms with E-state index < -0.39 is 10.0 Å². The van der Waals surface area contributed by atoms with Crippen LogP contribution in [0.25, 0.3) is 0 Å². The van der Waals surface area contributed by atoms with E-state index in [1.807, 2.05) is 0 Å². The number of nitrogens with two attached hydrogens (primary N) is 2. The first kappa shape index (κ1) is 13.2. The lowest BCUT2D eigenvalue weighted by molar-refractivity contribution is 0.285. The van der Waals surface area contributed by atoms with Crippen LogP contribution >= 0.6 is 0 Å². The molecule has 1 unspecified atom stereocenters. The van der Waals surface area contributed by atoms with Gasteiger partial charge in [0.2, 0.25) is 10.0 Å². The van der Waals surface area contributed by atoms with Gasteiger partial charge >= 0.3 is 0 Å². The SMILES string of the molecule is CC(Nc1ccc(N)cc1S(N)(=O)=O)C1CCC1. The van der Waals surface area contributed by atoms with Crippen LogP contribution in [0.1, 0.15) is 26.2 Å². The molecule has 5 nitrogen and oxygen atoms in total. The molecule has 0 aliphatic heterocycles. The molecule has 0 radical (unpaired) electrons. The second-order valence-corrected chi connectivity index (χ2v) is 6.45. The van der Waals surface area contributed by atoms with Gasteiger partial charge in [-0.1, -0.05) is 6.42 Å². The number of sulfonamides is 1. The second kappa shape index (κ2) is 4.78. The van der Waals surface area contributed by atoms with Crippen LogP contribution in [0.3, 0.4) is 0 Å². The third-order valence-corrected chi connectivity index (χ3v) is 4.50. The molecule has 1 aliphatic rings. The Bertz CT molecular complexity index is 538.